The van der Waals surface area contributed by atoms with Crippen LogP contribution in [-0.2, 0) is 6.42 Å². The van der Waals surface area contributed by atoms with Crippen LogP contribution in [0.25, 0.3) is 0 Å². The molecule has 0 radical (unpaired) electrons. The number of halogens is 1. The van der Waals surface area contributed by atoms with Crippen molar-refractivity contribution in [1.82, 2.24) is 0 Å². The average Bonchev–Trinajstić information content (AvgIpc) is 2.77. The molecular formula is C25H26BrNO3. The number of ether oxygens (including phenoxy) is 2. The summed E-state index contributed by atoms with van der Waals surface area (Å²) in [5.41, 5.74) is 2.39. The molecule has 3 rings (SSSR count). The van der Waals surface area contributed by atoms with Gasteiger partial charge in [0.15, 0.2) is 0 Å². The standard InChI is InChI=1S/C25H26BrNO3/c1-2-3-16-29-22-12-10-21(11-13-22)27-25(28)23-18-20(26)9-14-24(23)30-17-15-19-7-5-4-6-8-19/h4-14,18H,2-3,15-17H2,1H3,(H,27,28). The number of anilines is 1. The predicted molar refractivity (Wildman–Crippen MR) is 125 cm³/mol. The third-order valence-electron chi connectivity index (χ3n) is 4.56. The van der Waals surface area contributed by atoms with E-state index in [1.165, 1.54) is 5.56 Å². The second kappa shape index (κ2) is 11.4. The van der Waals surface area contributed by atoms with Gasteiger partial charge in [0.2, 0.25) is 0 Å². The first-order chi connectivity index (χ1) is 14.7. The maximum Gasteiger partial charge on any atom is 0.259 e. The van der Waals surface area contributed by atoms with Gasteiger partial charge in [-0.2, -0.15) is 0 Å². The molecule has 0 atom stereocenters. The van der Waals surface area contributed by atoms with Gasteiger partial charge in [-0.15, -0.1) is 0 Å². The molecule has 0 bridgehead atoms. The van der Waals surface area contributed by atoms with Gasteiger partial charge in [0.25, 0.3) is 5.91 Å². The Balaban J connectivity index is 1.62. The van der Waals surface area contributed by atoms with E-state index >= 15 is 0 Å². The Bertz CT molecular complexity index is 942. The first-order valence-corrected chi connectivity index (χ1v) is 11.0. The second-order valence-corrected chi connectivity index (χ2v) is 7.82. The van der Waals surface area contributed by atoms with Crippen LogP contribution in [0.1, 0.15) is 35.7 Å². The van der Waals surface area contributed by atoms with E-state index in [1.54, 1.807) is 6.07 Å². The lowest BCUT2D eigenvalue weighted by Crippen LogP contribution is -2.14. The van der Waals surface area contributed by atoms with Crippen LogP contribution in [0.4, 0.5) is 5.69 Å². The van der Waals surface area contributed by atoms with Crippen molar-refractivity contribution < 1.29 is 14.3 Å². The van der Waals surface area contributed by atoms with Gasteiger partial charge in [0.1, 0.15) is 11.5 Å². The van der Waals surface area contributed by atoms with E-state index in [0.717, 1.165) is 29.5 Å². The van der Waals surface area contributed by atoms with Crippen molar-refractivity contribution in [3.05, 3.63) is 88.4 Å². The van der Waals surface area contributed by atoms with Gasteiger partial charge >= 0.3 is 0 Å². The number of carbonyl (C=O) groups excluding carboxylic acids is 1. The lowest BCUT2D eigenvalue weighted by molar-refractivity contribution is 0.102. The molecule has 5 heteroatoms. The fourth-order valence-electron chi connectivity index (χ4n) is 2.90. The van der Waals surface area contributed by atoms with Gasteiger partial charge in [-0.25, -0.2) is 0 Å². The highest BCUT2D eigenvalue weighted by Crippen LogP contribution is 2.25. The monoisotopic (exact) mass is 467 g/mol. The summed E-state index contributed by atoms with van der Waals surface area (Å²) >= 11 is 3.44. The highest BCUT2D eigenvalue weighted by atomic mass is 79.9. The van der Waals surface area contributed by atoms with Crippen LogP contribution >= 0.6 is 15.9 Å². The van der Waals surface area contributed by atoms with Gasteiger partial charge in [-0.3, -0.25) is 4.79 Å². The summed E-state index contributed by atoms with van der Waals surface area (Å²) in [6, 6.07) is 23.0. The molecule has 1 N–H and O–H groups in total. The Morgan fingerprint density at radius 2 is 1.70 bits per heavy atom. The average molecular weight is 468 g/mol. The molecule has 3 aromatic rings. The fourth-order valence-corrected chi connectivity index (χ4v) is 3.26. The number of benzene rings is 3. The quantitative estimate of drug-likeness (QED) is 0.346. The van der Waals surface area contributed by atoms with Crippen LogP contribution in [0.2, 0.25) is 0 Å². The number of hydrogen-bond acceptors (Lipinski definition) is 3. The zero-order valence-corrected chi connectivity index (χ0v) is 18.7. The molecule has 1 amide bonds. The van der Waals surface area contributed by atoms with Crippen LogP contribution in [0, 0.1) is 0 Å². The van der Waals surface area contributed by atoms with Crippen molar-refractivity contribution in [2.45, 2.75) is 26.2 Å². The molecule has 30 heavy (non-hydrogen) atoms. The molecule has 0 spiro atoms. The Kier molecular flexibility index (Phi) is 8.33. The SMILES string of the molecule is CCCCOc1ccc(NC(=O)c2cc(Br)ccc2OCCc2ccccc2)cc1. The summed E-state index contributed by atoms with van der Waals surface area (Å²) < 4.78 is 12.4. The molecule has 0 aliphatic carbocycles. The van der Waals surface area contributed by atoms with Crippen LogP contribution in [-0.4, -0.2) is 19.1 Å². The minimum atomic E-state index is -0.217. The molecule has 3 aromatic carbocycles. The molecule has 156 valence electrons. The first kappa shape index (κ1) is 21.9. The molecule has 0 aromatic heterocycles. The fraction of sp³-hybridized carbons (Fsp3) is 0.240. The number of rotatable bonds is 10. The highest BCUT2D eigenvalue weighted by molar-refractivity contribution is 9.10. The molecule has 0 heterocycles. The predicted octanol–water partition coefficient (Wildman–Crippen LogP) is 6.50. The van der Waals surface area contributed by atoms with Crippen LogP contribution in [0.15, 0.2) is 77.3 Å². The minimum Gasteiger partial charge on any atom is -0.494 e. The normalized spacial score (nSPS) is 10.5. The molecule has 0 aliphatic heterocycles. The molecule has 0 saturated heterocycles. The summed E-state index contributed by atoms with van der Waals surface area (Å²) in [6.07, 6.45) is 2.89. The topological polar surface area (TPSA) is 47.6 Å². The largest absolute Gasteiger partial charge is 0.494 e. The van der Waals surface area contributed by atoms with E-state index in [1.807, 2.05) is 54.6 Å². The summed E-state index contributed by atoms with van der Waals surface area (Å²) in [5, 5.41) is 2.93. The number of unbranched alkanes of at least 4 members (excludes halogenated alkanes) is 1. The minimum absolute atomic E-state index is 0.217. The van der Waals surface area contributed by atoms with E-state index in [2.05, 4.69) is 40.3 Å². The number of hydrogen-bond donors (Lipinski definition) is 1. The van der Waals surface area contributed by atoms with E-state index < -0.39 is 0 Å². The first-order valence-electron chi connectivity index (χ1n) is 10.2. The van der Waals surface area contributed by atoms with Crippen LogP contribution in [0.3, 0.4) is 0 Å². The van der Waals surface area contributed by atoms with E-state index in [0.29, 0.717) is 30.2 Å². The maximum atomic E-state index is 12.9. The summed E-state index contributed by atoms with van der Waals surface area (Å²) in [5.74, 6) is 1.14. The zero-order valence-electron chi connectivity index (χ0n) is 17.1. The molecule has 0 unspecified atom stereocenters. The van der Waals surface area contributed by atoms with Crippen molar-refractivity contribution >= 4 is 27.5 Å². The van der Waals surface area contributed by atoms with Gasteiger partial charge < -0.3 is 14.8 Å². The Labute approximate surface area is 186 Å². The van der Waals surface area contributed by atoms with Crippen LogP contribution < -0.4 is 14.8 Å². The van der Waals surface area contributed by atoms with E-state index in [9.17, 15) is 4.79 Å². The van der Waals surface area contributed by atoms with Crippen molar-refractivity contribution in [1.29, 1.82) is 0 Å². The Morgan fingerprint density at radius 1 is 0.933 bits per heavy atom. The van der Waals surface area contributed by atoms with Crippen molar-refractivity contribution in [2.24, 2.45) is 0 Å². The van der Waals surface area contributed by atoms with E-state index in [4.69, 9.17) is 9.47 Å². The number of carbonyl (C=O) groups is 1. The van der Waals surface area contributed by atoms with Crippen LogP contribution in [0.5, 0.6) is 11.5 Å². The van der Waals surface area contributed by atoms with Gasteiger partial charge in [0.05, 0.1) is 18.8 Å². The summed E-state index contributed by atoms with van der Waals surface area (Å²) in [6.45, 7) is 3.32. The molecule has 0 saturated carbocycles. The third-order valence-corrected chi connectivity index (χ3v) is 5.05. The maximum absolute atomic E-state index is 12.9. The molecular weight excluding hydrogens is 442 g/mol. The third kappa shape index (κ3) is 6.63. The van der Waals surface area contributed by atoms with Crippen molar-refractivity contribution in [2.75, 3.05) is 18.5 Å². The Hall–Kier alpha value is -2.79. The molecule has 4 nitrogen and oxygen atoms in total. The van der Waals surface area contributed by atoms with Gasteiger partial charge in [0, 0.05) is 16.6 Å². The smallest absolute Gasteiger partial charge is 0.259 e. The molecule has 0 fully saturated rings. The van der Waals surface area contributed by atoms with E-state index in [-0.39, 0.29) is 5.91 Å². The summed E-state index contributed by atoms with van der Waals surface area (Å²) in [7, 11) is 0. The highest BCUT2D eigenvalue weighted by Gasteiger charge is 2.14. The van der Waals surface area contributed by atoms with Crippen molar-refractivity contribution in [3.8, 4) is 11.5 Å². The number of amides is 1. The van der Waals surface area contributed by atoms with Gasteiger partial charge in [-0.1, -0.05) is 59.6 Å². The second-order valence-electron chi connectivity index (χ2n) is 6.91. The Morgan fingerprint density at radius 3 is 2.43 bits per heavy atom. The lowest BCUT2D eigenvalue weighted by atomic mass is 10.1. The lowest BCUT2D eigenvalue weighted by Gasteiger charge is -2.13. The zero-order chi connectivity index (χ0) is 21.2. The van der Waals surface area contributed by atoms with Crippen molar-refractivity contribution in [3.63, 3.8) is 0 Å². The van der Waals surface area contributed by atoms with Gasteiger partial charge in [-0.05, 0) is 54.4 Å². The molecule has 0 aliphatic rings. The number of nitrogens with one attached hydrogen (secondary N) is 1. The summed E-state index contributed by atoms with van der Waals surface area (Å²) in [4.78, 5) is 12.9.